The van der Waals surface area contributed by atoms with Crippen molar-refractivity contribution in [2.24, 2.45) is 11.7 Å². The molecular weight excluding hydrogens is 350 g/mol. The van der Waals surface area contributed by atoms with Crippen molar-refractivity contribution in [1.29, 1.82) is 0 Å². The van der Waals surface area contributed by atoms with Crippen LogP contribution in [-0.4, -0.2) is 17.9 Å². The van der Waals surface area contributed by atoms with Crippen LogP contribution in [0.3, 0.4) is 0 Å². The zero-order chi connectivity index (χ0) is 19.8. The Morgan fingerprint density at radius 3 is 2.54 bits per heavy atom. The van der Waals surface area contributed by atoms with Crippen molar-refractivity contribution in [2.45, 2.75) is 26.3 Å². The minimum absolute atomic E-state index is 0.0732. The van der Waals surface area contributed by atoms with Crippen LogP contribution >= 0.6 is 0 Å². The molecule has 0 bridgehead atoms. The molecule has 0 saturated heterocycles. The van der Waals surface area contributed by atoms with Crippen molar-refractivity contribution in [3.8, 4) is 0 Å². The van der Waals surface area contributed by atoms with Gasteiger partial charge in [0, 0.05) is 11.3 Å². The lowest BCUT2D eigenvalue weighted by molar-refractivity contribution is -0.117. The standard InChI is InChI=1S/C23H23N3O2/c1-14(2)11-21-23(28)25-19-13-17(22(24)27)8-10-20(19)26(21)18-9-7-15-5-3-4-6-16(15)12-18/h3-10,12-14,21H,11H2,1-2H3,(H2,24,27)(H,25,28). The van der Waals surface area contributed by atoms with Crippen molar-refractivity contribution >= 4 is 39.6 Å². The Morgan fingerprint density at radius 2 is 1.82 bits per heavy atom. The van der Waals surface area contributed by atoms with Crippen molar-refractivity contribution in [1.82, 2.24) is 0 Å². The first-order valence-corrected chi connectivity index (χ1v) is 9.47. The zero-order valence-electron chi connectivity index (χ0n) is 16.0. The predicted molar refractivity (Wildman–Crippen MR) is 113 cm³/mol. The molecule has 3 N–H and O–H groups in total. The summed E-state index contributed by atoms with van der Waals surface area (Å²) in [7, 11) is 0. The van der Waals surface area contributed by atoms with Crippen molar-refractivity contribution in [2.75, 3.05) is 10.2 Å². The van der Waals surface area contributed by atoms with E-state index in [1.54, 1.807) is 12.1 Å². The summed E-state index contributed by atoms with van der Waals surface area (Å²) in [5.74, 6) is -0.236. The topological polar surface area (TPSA) is 75.4 Å². The summed E-state index contributed by atoms with van der Waals surface area (Å²) >= 11 is 0. The number of carbonyl (C=O) groups excluding carboxylic acids is 2. The summed E-state index contributed by atoms with van der Waals surface area (Å²) in [6, 6.07) is 19.3. The maximum Gasteiger partial charge on any atom is 0.248 e. The number of benzene rings is 3. The van der Waals surface area contributed by atoms with Crippen LogP contribution in [0.15, 0.2) is 60.7 Å². The molecule has 1 atom stereocenters. The minimum atomic E-state index is -0.515. The van der Waals surface area contributed by atoms with Crippen LogP contribution in [0, 0.1) is 5.92 Å². The van der Waals surface area contributed by atoms with E-state index >= 15 is 0 Å². The number of nitrogens with two attached hydrogens (primary N) is 1. The molecule has 2 amide bonds. The summed E-state index contributed by atoms with van der Waals surface area (Å²) in [6.07, 6.45) is 0.718. The Morgan fingerprint density at radius 1 is 1.07 bits per heavy atom. The second-order valence-corrected chi connectivity index (χ2v) is 7.63. The van der Waals surface area contributed by atoms with Gasteiger partial charge < -0.3 is 16.0 Å². The van der Waals surface area contributed by atoms with Gasteiger partial charge >= 0.3 is 0 Å². The number of hydrogen-bond donors (Lipinski definition) is 2. The molecule has 1 heterocycles. The molecule has 4 rings (SSSR count). The van der Waals surface area contributed by atoms with Gasteiger partial charge in [-0.25, -0.2) is 0 Å². The molecule has 3 aromatic rings. The molecule has 142 valence electrons. The number of carbonyl (C=O) groups is 2. The van der Waals surface area contributed by atoms with Crippen LogP contribution in [0.25, 0.3) is 10.8 Å². The number of amides is 2. The summed E-state index contributed by atoms with van der Waals surface area (Å²) in [6.45, 7) is 4.22. The molecular formula is C23H23N3O2. The third-order valence-corrected chi connectivity index (χ3v) is 5.12. The minimum Gasteiger partial charge on any atom is -0.366 e. The highest BCUT2D eigenvalue weighted by Gasteiger charge is 2.34. The van der Waals surface area contributed by atoms with Crippen LogP contribution in [0.5, 0.6) is 0 Å². The molecule has 5 nitrogen and oxygen atoms in total. The molecule has 0 spiro atoms. The zero-order valence-corrected chi connectivity index (χ0v) is 16.0. The maximum atomic E-state index is 13.0. The largest absolute Gasteiger partial charge is 0.366 e. The summed E-state index contributed by atoms with van der Waals surface area (Å²) in [4.78, 5) is 26.6. The van der Waals surface area contributed by atoms with E-state index in [-0.39, 0.29) is 11.9 Å². The van der Waals surface area contributed by atoms with E-state index in [2.05, 4.69) is 48.3 Å². The Kier molecular flexibility index (Phi) is 4.51. The Labute approximate surface area is 164 Å². The van der Waals surface area contributed by atoms with Gasteiger partial charge in [0.25, 0.3) is 0 Å². The van der Waals surface area contributed by atoms with Gasteiger partial charge in [0.2, 0.25) is 11.8 Å². The monoisotopic (exact) mass is 373 g/mol. The highest BCUT2D eigenvalue weighted by molar-refractivity contribution is 6.07. The summed E-state index contributed by atoms with van der Waals surface area (Å²) in [5.41, 5.74) is 8.22. The van der Waals surface area contributed by atoms with E-state index in [0.29, 0.717) is 17.2 Å². The van der Waals surface area contributed by atoms with E-state index in [1.165, 1.54) is 0 Å². The number of nitrogens with zero attached hydrogens (tertiary/aromatic N) is 1. The average molecular weight is 373 g/mol. The van der Waals surface area contributed by atoms with E-state index in [9.17, 15) is 9.59 Å². The van der Waals surface area contributed by atoms with E-state index in [4.69, 9.17) is 5.73 Å². The van der Waals surface area contributed by atoms with Gasteiger partial charge in [-0.1, -0.05) is 44.2 Å². The van der Waals surface area contributed by atoms with Crippen LogP contribution < -0.4 is 16.0 Å². The highest BCUT2D eigenvalue weighted by atomic mass is 16.2. The van der Waals surface area contributed by atoms with Gasteiger partial charge in [0.15, 0.2) is 0 Å². The lowest BCUT2D eigenvalue weighted by atomic mass is 9.96. The lowest BCUT2D eigenvalue weighted by Gasteiger charge is -2.39. The first-order chi connectivity index (χ1) is 13.4. The van der Waals surface area contributed by atoms with Crippen LogP contribution in [0.1, 0.15) is 30.6 Å². The number of fused-ring (bicyclic) bond motifs is 2. The van der Waals surface area contributed by atoms with E-state index in [1.807, 2.05) is 24.3 Å². The van der Waals surface area contributed by atoms with Crippen molar-refractivity contribution in [3.05, 3.63) is 66.2 Å². The molecule has 3 aromatic carbocycles. The first kappa shape index (κ1) is 18.0. The Hall–Kier alpha value is -3.34. The molecule has 1 aliphatic rings. The van der Waals surface area contributed by atoms with Crippen molar-refractivity contribution < 1.29 is 9.59 Å². The quantitative estimate of drug-likeness (QED) is 0.710. The number of anilines is 3. The summed E-state index contributed by atoms with van der Waals surface area (Å²) < 4.78 is 0. The fourth-order valence-corrected chi connectivity index (χ4v) is 3.81. The SMILES string of the molecule is CC(C)CC1C(=O)Nc2cc(C(N)=O)ccc2N1c1ccc2ccccc2c1. The average Bonchev–Trinajstić information content (AvgIpc) is 2.67. The summed E-state index contributed by atoms with van der Waals surface area (Å²) in [5, 5.41) is 5.22. The fourth-order valence-electron chi connectivity index (χ4n) is 3.81. The van der Waals surface area contributed by atoms with Gasteiger partial charge in [-0.2, -0.15) is 0 Å². The smallest absolute Gasteiger partial charge is 0.248 e. The van der Waals surface area contributed by atoms with Gasteiger partial charge in [-0.05, 0) is 53.4 Å². The lowest BCUT2D eigenvalue weighted by Crippen LogP contribution is -2.46. The molecule has 1 unspecified atom stereocenters. The van der Waals surface area contributed by atoms with Crippen LogP contribution in [0.2, 0.25) is 0 Å². The number of nitrogens with one attached hydrogen (secondary N) is 1. The molecule has 0 aromatic heterocycles. The van der Waals surface area contributed by atoms with E-state index < -0.39 is 5.91 Å². The third kappa shape index (κ3) is 3.20. The molecule has 0 saturated carbocycles. The first-order valence-electron chi connectivity index (χ1n) is 9.47. The fraction of sp³-hybridized carbons (Fsp3) is 0.217. The number of hydrogen-bond acceptors (Lipinski definition) is 3. The molecule has 5 heteroatoms. The molecule has 28 heavy (non-hydrogen) atoms. The number of primary amides is 1. The highest BCUT2D eigenvalue weighted by Crippen LogP contribution is 2.40. The Bertz CT molecular complexity index is 1070. The normalized spacial score (nSPS) is 16.2. The second kappa shape index (κ2) is 7.00. The molecule has 0 radical (unpaired) electrons. The van der Waals surface area contributed by atoms with Gasteiger partial charge in [-0.15, -0.1) is 0 Å². The van der Waals surface area contributed by atoms with Crippen LogP contribution in [0.4, 0.5) is 17.1 Å². The predicted octanol–water partition coefficient (Wildman–Crippen LogP) is 4.44. The van der Waals surface area contributed by atoms with Crippen molar-refractivity contribution in [3.63, 3.8) is 0 Å². The van der Waals surface area contributed by atoms with Gasteiger partial charge in [-0.3, -0.25) is 9.59 Å². The van der Waals surface area contributed by atoms with E-state index in [0.717, 1.165) is 28.6 Å². The Balaban J connectivity index is 1.88. The van der Waals surface area contributed by atoms with Gasteiger partial charge in [0.05, 0.1) is 11.4 Å². The molecule has 0 aliphatic carbocycles. The molecule has 0 fully saturated rings. The molecule has 1 aliphatic heterocycles. The second-order valence-electron chi connectivity index (χ2n) is 7.63. The maximum absolute atomic E-state index is 13.0. The van der Waals surface area contributed by atoms with Gasteiger partial charge in [0.1, 0.15) is 6.04 Å². The van der Waals surface area contributed by atoms with Crippen LogP contribution in [-0.2, 0) is 4.79 Å². The third-order valence-electron chi connectivity index (χ3n) is 5.12. The number of rotatable bonds is 4.